The largest absolute Gasteiger partial charge is 0.480 e. The summed E-state index contributed by atoms with van der Waals surface area (Å²) >= 11 is 0. The van der Waals surface area contributed by atoms with Crippen LogP contribution in [0, 0.1) is 5.41 Å². The van der Waals surface area contributed by atoms with Crippen LogP contribution in [0.4, 0.5) is 4.79 Å². The van der Waals surface area contributed by atoms with Gasteiger partial charge in [0.05, 0.1) is 6.61 Å². The molecular weight excluding hydrogens is 224 g/mol. The van der Waals surface area contributed by atoms with Gasteiger partial charge in [-0.05, 0) is 24.7 Å². The summed E-state index contributed by atoms with van der Waals surface area (Å²) in [5, 5.41) is 13.7. The highest BCUT2D eigenvalue weighted by Crippen LogP contribution is 2.47. The zero-order valence-corrected chi connectivity index (χ0v) is 10.1. The van der Waals surface area contributed by atoms with Crippen molar-refractivity contribution in [2.24, 2.45) is 5.41 Å². The molecule has 98 valence electrons. The van der Waals surface area contributed by atoms with Gasteiger partial charge in [-0.3, -0.25) is 0 Å². The summed E-state index contributed by atoms with van der Waals surface area (Å²) in [5.74, 6) is -1.01. The standard InChI is InChI=1S/C11H20N2O4/c1-2-11(3-4-11)8-13-10(16)12-5-6-17-7-9(14)15/h2-8H2,1H3,(H,14,15)(H2,12,13,16). The summed E-state index contributed by atoms with van der Waals surface area (Å²) < 4.78 is 4.78. The Balaban J connectivity index is 1.96. The van der Waals surface area contributed by atoms with Gasteiger partial charge in [-0.2, -0.15) is 0 Å². The predicted molar refractivity (Wildman–Crippen MR) is 61.8 cm³/mol. The van der Waals surface area contributed by atoms with Crippen molar-refractivity contribution < 1.29 is 19.4 Å². The van der Waals surface area contributed by atoms with E-state index in [2.05, 4.69) is 17.6 Å². The third kappa shape index (κ3) is 5.53. The van der Waals surface area contributed by atoms with Gasteiger partial charge < -0.3 is 20.5 Å². The van der Waals surface area contributed by atoms with Gasteiger partial charge in [0.25, 0.3) is 0 Å². The number of carbonyl (C=O) groups excluding carboxylic acids is 1. The molecule has 17 heavy (non-hydrogen) atoms. The molecule has 2 amide bonds. The van der Waals surface area contributed by atoms with Crippen molar-refractivity contribution in [1.29, 1.82) is 0 Å². The molecule has 0 unspecified atom stereocenters. The lowest BCUT2D eigenvalue weighted by molar-refractivity contribution is -0.142. The quantitative estimate of drug-likeness (QED) is 0.545. The maximum atomic E-state index is 11.3. The van der Waals surface area contributed by atoms with Crippen molar-refractivity contribution in [3.8, 4) is 0 Å². The zero-order chi connectivity index (χ0) is 12.7. The summed E-state index contributed by atoms with van der Waals surface area (Å²) in [6.07, 6.45) is 3.46. The molecule has 0 heterocycles. The first-order valence-electron chi connectivity index (χ1n) is 5.89. The van der Waals surface area contributed by atoms with Crippen molar-refractivity contribution in [3.63, 3.8) is 0 Å². The van der Waals surface area contributed by atoms with E-state index in [0.717, 1.165) is 6.42 Å². The zero-order valence-electron chi connectivity index (χ0n) is 10.1. The van der Waals surface area contributed by atoms with Crippen LogP contribution < -0.4 is 10.6 Å². The minimum atomic E-state index is -1.01. The van der Waals surface area contributed by atoms with Crippen molar-refractivity contribution in [2.45, 2.75) is 26.2 Å². The van der Waals surface area contributed by atoms with Crippen molar-refractivity contribution in [2.75, 3.05) is 26.3 Å². The average molecular weight is 244 g/mol. The Kier molecular flexibility index (Phi) is 5.21. The average Bonchev–Trinajstić information content (AvgIpc) is 3.06. The molecule has 0 bridgehead atoms. The van der Waals surface area contributed by atoms with Crippen LogP contribution in [0.2, 0.25) is 0 Å². The van der Waals surface area contributed by atoms with Gasteiger partial charge in [0, 0.05) is 13.1 Å². The molecule has 0 aromatic rings. The van der Waals surface area contributed by atoms with Crippen molar-refractivity contribution in [3.05, 3.63) is 0 Å². The molecule has 0 aromatic heterocycles. The van der Waals surface area contributed by atoms with E-state index in [1.54, 1.807) is 0 Å². The Morgan fingerprint density at radius 3 is 2.59 bits per heavy atom. The molecule has 0 radical (unpaired) electrons. The molecule has 0 saturated heterocycles. The minimum Gasteiger partial charge on any atom is -0.480 e. The molecule has 1 saturated carbocycles. The highest BCUT2D eigenvalue weighted by Gasteiger charge is 2.40. The van der Waals surface area contributed by atoms with Gasteiger partial charge in [-0.15, -0.1) is 0 Å². The number of nitrogens with one attached hydrogen (secondary N) is 2. The van der Waals surface area contributed by atoms with Gasteiger partial charge in [0.2, 0.25) is 0 Å². The Bertz CT molecular complexity index is 277. The third-order valence-electron chi connectivity index (χ3n) is 3.09. The van der Waals surface area contributed by atoms with E-state index < -0.39 is 5.97 Å². The van der Waals surface area contributed by atoms with Crippen LogP contribution >= 0.6 is 0 Å². The Morgan fingerprint density at radius 2 is 2.06 bits per heavy atom. The van der Waals surface area contributed by atoms with E-state index >= 15 is 0 Å². The molecule has 1 aliphatic carbocycles. The molecule has 1 rings (SSSR count). The molecule has 3 N–H and O–H groups in total. The second-order valence-electron chi connectivity index (χ2n) is 4.41. The molecule has 6 heteroatoms. The molecule has 1 fully saturated rings. The summed E-state index contributed by atoms with van der Waals surface area (Å²) in [6, 6.07) is -0.219. The summed E-state index contributed by atoms with van der Waals surface area (Å²) in [7, 11) is 0. The number of urea groups is 1. The first kappa shape index (κ1) is 13.8. The van der Waals surface area contributed by atoms with Gasteiger partial charge in [-0.25, -0.2) is 9.59 Å². The smallest absolute Gasteiger partial charge is 0.329 e. The number of aliphatic carboxylic acids is 1. The number of carboxylic acids is 1. The molecule has 6 nitrogen and oxygen atoms in total. The number of carboxylic acid groups (broad SMARTS) is 1. The topological polar surface area (TPSA) is 87.7 Å². The number of carbonyl (C=O) groups is 2. The number of amides is 2. The highest BCUT2D eigenvalue weighted by atomic mass is 16.5. The lowest BCUT2D eigenvalue weighted by Crippen LogP contribution is -2.40. The molecule has 0 atom stereocenters. The van der Waals surface area contributed by atoms with Gasteiger partial charge in [-0.1, -0.05) is 6.92 Å². The number of rotatable bonds is 8. The van der Waals surface area contributed by atoms with Gasteiger partial charge in [0.15, 0.2) is 0 Å². The number of hydrogen-bond donors (Lipinski definition) is 3. The van der Waals surface area contributed by atoms with Crippen LogP contribution in [0.3, 0.4) is 0 Å². The Labute approximate surface area is 101 Å². The second-order valence-corrected chi connectivity index (χ2v) is 4.41. The van der Waals surface area contributed by atoms with Gasteiger partial charge in [0.1, 0.15) is 6.61 Å². The molecular formula is C11H20N2O4. The van der Waals surface area contributed by atoms with E-state index in [4.69, 9.17) is 9.84 Å². The fourth-order valence-corrected chi connectivity index (χ4v) is 1.56. The fourth-order valence-electron chi connectivity index (χ4n) is 1.56. The van der Waals surface area contributed by atoms with Crippen LogP contribution in [0.25, 0.3) is 0 Å². The van der Waals surface area contributed by atoms with E-state index in [1.807, 2.05) is 0 Å². The normalized spacial score (nSPS) is 16.3. The van der Waals surface area contributed by atoms with Crippen LogP contribution in [0.1, 0.15) is 26.2 Å². The monoisotopic (exact) mass is 244 g/mol. The maximum Gasteiger partial charge on any atom is 0.329 e. The SMILES string of the molecule is CCC1(CNC(=O)NCCOCC(=O)O)CC1. The minimum absolute atomic E-state index is 0.207. The first-order valence-corrected chi connectivity index (χ1v) is 5.89. The van der Waals surface area contributed by atoms with Crippen LogP contribution in [-0.2, 0) is 9.53 Å². The van der Waals surface area contributed by atoms with E-state index in [-0.39, 0.29) is 19.2 Å². The Morgan fingerprint density at radius 1 is 1.35 bits per heavy atom. The van der Waals surface area contributed by atoms with Crippen molar-refractivity contribution in [1.82, 2.24) is 10.6 Å². The third-order valence-corrected chi connectivity index (χ3v) is 3.09. The first-order chi connectivity index (χ1) is 8.08. The maximum absolute atomic E-state index is 11.3. The summed E-state index contributed by atoms with van der Waals surface area (Å²) in [6.45, 7) is 3.04. The molecule has 0 aromatic carbocycles. The number of hydrogen-bond acceptors (Lipinski definition) is 3. The fraction of sp³-hybridized carbons (Fsp3) is 0.818. The summed E-state index contributed by atoms with van der Waals surface area (Å²) in [5.41, 5.74) is 0.331. The number of ether oxygens (including phenoxy) is 1. The Hall–Kier alpha value is -1.30. The lowest BCUT2D eigenvalue weighted by atomic mass is 10.0. The van der Waals surface area contributed by atoms with Crippen LogP contribution in [0.5, 0.6) is 0 Å². The highest BCUT2D eigenvalue weighted by molar-refractivity contribution is 5.73. The second kappa shape index (κ2) is 6.44. The van der Waals surface area contributed by atoms with Crippen LogP contribution in [-0.4, -0.2) is 43.4 Å². The predicted octanol–water partition coefficient (Wildman–Crippen LogP) is 0.577. The molecule has 1 aliphatic rings. The van der Waals surface area contributed by atoms with Gasteiger partial charge >= 0.3 is 12.0 Å². The van der Waals surface area contributed by atoms with E-state index in [1.165, 1.54) is 12.8 Å². The van der Waals surface area contributed by atoms with Crippen molar-refractivity contribution >= 4 is 12.0 Å². The van der Waals surface area contributed by atoms with E-state index in [0.29, 0.717) is 18.5 Å². The van der Waals surface area contributed by atoms with Crippen LogP contribution in [0.15, 0.2) is 0 Å². The van der Waals surface area contributed by atoms with E-state index in [9.17, 15) is 9.59 Å². The molecule has 0 aliphatic heterocycles. The summed E-state index contributed by atoms with van der Waals surface area (Å²) in [4.78, 5) is 21.5. The lowest BCUT2D eigenvalue weighted by Gasteiger charge is -2.13. The molecule has 0 spiro atoms.